The predicted octanol–water partition coefficient (Wildman–Crippen LogP) is 4.82. The lowest BCUT2D eigenvalue weighted by Crippen LogP contribution is -2.46. The fourth-order valence-corrected chi connectivity index (χ4v) is 4.54. The maximum absolute atomic E-state index is 12.9. The molecule has 2 aliphatic rings. The first-order valence-corrected chi connectivity index (χ1v) is 10.4. The van der Waals surface area contributed by atoms with Crippen LogP contribution in [0.2, 0.25) is 0 Å². The van der Waals surface area contributed by atoms with E-state index < -0.39 is 0 Å². The summed E-state index contributed by atoms with van der Waals surface area (Å²) in [5.74, 6) is 1.47. The van der Waals surface area contributed by atoms with Crippen LogP contribution in [-0.2, 0) is 0 Å². The molecule has 2 aromatic rings. The predicted molar refractivity (Wildman–Crippen MR) is 112 cm³/mol. The van der Waals surface area contributed by atoms with E-state index in [1.54, 1.807) is 0 Å². The minimum atomic E-state index is 0.0447. The van der Waals surface area contributed by atoms with Crippen molar-refractivity contribution in [3.63, 3.8) is 0 Å². The molecule has 1 N–H and O–H groups in total. The van der Waals surface area contributed by atoms with E-state index in [1.165, 1.54) is 32.4 Å². The SMILES string of the molecule is CC1CCN(CC2CCCN(C(=O)Nc3cccc4ccccc34)C2)CC1. The number of hydrogen-bond donors (Lipinski definition) is 1. The number of urea groups is 1. The molecule has 2 amide bonds. The molecule has 2 saturated heterocycles. The number of piperidine rings is 2. The lowest BCUT2D eigenvalue weighted by atomic mass is 9.94. The van der Waals surface area contributed by atoms with E-state index in [2.05, 4.69) is 35.3 Å². The molecule has 27 heavy (non-hydrogen) atoms. The molecule has 4 nitrogen and oxygen atoms in total. The van der Waals surface area contributed by atoms with Crippen LogP contribution in [0.3, 0.4) is 0 Å². The number of nitrogens with zero attached hydrogens (tertiary/aromatic N) is 2. The highest BCUT2D eigenvalue weighted by molar-refractivity contribution is 6.01. The third-order valence-electron chi connectivity index (χ3n) is 6.23. The molecule has 2 aliphatic heterocycles. The Morgan fingerprint density at radius 1 is 1.04 bits per heavy atom. The van der Waals surface area contributed by atoms with Crippen molar-refractivity contribution in [3.05, 3.63) is 42.5 Å². The Morgan fingerprint density at radius 3 is 2.67 bits per heavy atom. The summed E-state index contributed by atoms with van der Waals surface area (Å²) < 4.78 is 0. The van der Waals surface area contributed by atoms with Crippen LogP contribution in [0.25, 0.3) is 10.8 Å². The zero-order valence-corrected chi connectivity index (χ0v) is 16.4. The minimum absolute atomic E-state index is 0.0447. The Kier molecular flexibility index (Phi) is 5.63. The van der Waals surface area contributed by atoms with Crippen molar-refractivity contribution in [3.8, 4) is 0 Å². The number of likely N-dealkylation sites (tertiary alicyclic amines) is 2. The van der Waals surface area contributed by atoms with Gasteiger partial charge in [-0.15, -0.1) is 0 Å². The van der Waals surface area contributed by atoms with Crippen molar-refractivity contribution < 1.29 is 4.79 Å². The molecule has 2 heterocycles. The number of rotatable bonds is 3. The van der Waals surface area contributed by atoms with E-state index in [-0.39, 0.29) is 6.03 Å². The minimum Gasteiger partial charge on any atom is -0.324 e. The van der Waals surface area contributed by atoms with E-state index in [0.717, 1.165) is 48.4 Å². The van der Waals surface area contributed by atoms with Gasteiger partial charge in [0.2, 0.25) is 0 Å². The first kappa shape index (κ1) is 18.3. The second-order valence-electron chi connectivity index (χ2n) is 8.39. The fraction of sp³-hybridized carbons (Fsp3) is 0.522. The number of fused-ring (bicyclic) bond motifs is 1. The van der Waals surface area contributed by atoms with Crippen LogP contribution in [-0.4, -0.2) is 48.6 Å². The van der Waals surface area contributed by atoms with E-state index >= 15 is 0 Å². The largest absolute Gasteiger partial charge is 0.324 e. The van der Waals surface area contributed by atoms with E-state index in [4.69, 9.17) is 0 Å². The quantitative estimate of drug-likeness (QED) is 0.847. The Labute approximate surface area is 162 Å². The van der Waals surface area contributed by atoms with Crippen LogP contribution in [0.4, 0.5) is 10.5 Å². The van der Waals surface area contributed by atoms with Gasteiger partial charge in [0.1, 0.15) is 0 Å². The third-order valence-corrected chi connectivity index (χ3v) is 6.23. The number of carbonyl (C=O) groups excluding carboxylic acids is 1. The normalized spacial score (nSPS) is 22.1. The Bertz CT molecular complexity index is 777. The molecule has 0 saturated carbocycles. The van der Waals surface area contributed by atoms with Gasteiger partial charge in [-0.3, -0.25) is 0 Å². The van der Waals surface area contributed by atoms with E-state index in [0.29, 0.717) is 5.92 Å². The number of hydrogen-bond acceptors (Lipinski definition) is 2. The third kappa shape index (κ3) is 4.44. The number of benzene rings is 2. The first-order valence-electron chi connectivity index (χ1n) is 10.4. The molecule has 4 rings (SSSR count). The summed E-state index contributed by atoms with van der Waals surface area (Å²) in [4.78, 5) is 17.5. The molecular formula is C23H31N3O. The topological polar surface area (TPSA) is 35.6 Å². The van der Waals surface area contributed by atoms with Crippen LogP contribution in [0.15, 0.2) is 42.5 Å². The molecule has 0 aromatic heterocycles. The zero-order chi connectivity index (χ0) is 18.6. The summed E-state index contributed by atoms with van der Waals surface area (Å²) in [6.07, 6.45) is 4.98. The smallest absolute Gasteiger partial charge is 0.321 e. The van der Waals surface area contributed by atoms with Gasteiger partial charge in [0.25, 0.3) is 0 Å². The van der Waals surface area contributed by atoms with Crippen LogP contribution in [0.5, 0.6) is 0 Å². The number of carbonyl (C=O) groups is 1. The summed E-state index contributed by atoms with van der Waals surface area (Å²) in [6, 6.07) is 14.3. The number of anilines is 1. The van der Waals surface area contributed by atoms with Crippen molar-refractivity contribution in [2.24, 2.45) is 11.8 Å². The maximum atomic E-state index is 12.9. The molecule has 144 valence electrons. The van der Waals surface area contributed by atoms with Gasteiger partial charge < -0.3 is 15.1 Å². The average molecular weight is 366 g/mol. The van der Waals surface area contributed by atoms with Crippen molar-refractivity contribution >= 4 is 22.5 Å². The summed E-state index contributed by atoms with van der Waals surface area (Å²) >= 11 is 0. The highest BCUT2D eigenvalue weighted by Crippen LogP contribution is 2.25. The molecule has 2 aromatic carbocycles. The molecule has 1 unspecified atom stereocenters. The van der Waals surface area contributed by atoms with Gasteiger partial charge in [-0.2, -0.15) is 0 Å². The Morgan fingerprint density at radius 2 is 1.81 bits per heavy atom. The zero-order valence-electron chi connectivity index (χ0n) is 16.4. The van der Waals surface area contributed by atoms with Gasteiger partial charge in [0.15, 0.2) is 0 Å². The number of amides is 2. The highest BCUT2D eigenvalue weighted by atomic mass is 16.2. The molecule has 0 radical (unpaired) electrons. The van der Waals surface area contributed by atoms with Crippen molar-refractivity contribution in [2.45, 2.75) is 32.6 Å². The molecule has 0 bridgehead atoms. The van der Waals surface area contributed by atoms with Crippen molar-refractivity contribution in [2.75, 3.05) is 38.0 Å². The van der Waals surface area contributed by atoms with Crippen LogP contribution < -0.4 is 5.32 Å². The summed E-state index contributed by atoms with van der Waals surface area (Å²) in [7, 11) is 0. The summed E-state index contributed by atoms with van der Waals surface area (Å²) in [5, 5.41) is 5.42. The molecule has 2 fully saturated rings. The van der Waals surface area contributed by atoms with Gasteiger partial charge in [-0.05, 0) is 62.1 Å². The van der Waals surface area contributed by atoms with Crippen molar-refractivity contribution in [1.82, 2.24) is 9.80 Å². The van der Waals surface area contributed by atoms with Gasteiger partial charge in [0.05, 0.1) is 5.69 Å². The van der Waals surface area contributed by atoms with Crippen LogP contribution in [0.1, 0.15) is 32.6 Å². The second-order valence-corrected chi connectivity index (χ2v) is 8.39. The Hall–Kier alpha value is -2.07. The average Bonchev–Trinajstić information content (AvgIpc) is 2.70. The van der Waals surface area contributed by atoms with Crippen LogP contribution in [0, 0.1) is 11.8 Å². The lowest BCUT2D eigenvalue weighted by molar-refractivity contribution is 0.124. The van der Waals surface area contributed by atoms with Gasteiger partial charge in [-0.1, -0.05) is 43.3 Å². The van der Waals surface area contributed by atoms with Crippen LogP contribution >= 0.6 is 0 Å². The summed E-state index contributed by atoms with van der Waals surface area (Å²) in [5.41, 5.74) is 0.908. The van der Waals surface area contributed by atoms with E-state index in [1.807, 2.05) is 29.2 Å². The highest BCUT2D eigenvalue weighted by Gasteiger charge is 2.26. The first-order chi connectivity index (χ1) is 13.2. The monoisotopic (exact) mass is 365 g/mol. The molecule has 1 atom stereocenters. The number of nitrogens with one attached hydrogen (secondary N) is 1. The van der Waals surface area contributed by atoms with Gasteiger partial charge >= 0.3 is 6.03 Å². The van der Waals surface area contributed by atoms with Crippen molar-refractivity contribution in [1.29, 1.82) is 0 Å². The molecule has 4 heteroatoms. The summed E-state index contributed by atoms with van der Waals surface area (Å²) in [6.45, 7) is 7.69. The van der Waals surface area contributed by atoms with Gasteiger partial charge in [-0.25, -0.2) is 4.79 Å². The standard InChI is InChI=1S/C23H31N3O/c1-18-11-14-25(15-12-18)16-19-6-5-13-26(17-19)23(27)24-22-10-4-8-20-7-2-3-9-21(20)22/h2-4,7-10,18-19H,5-6,11-17H2,1H3,(H,24,27). The van der Waals surface area contributed by atoms with E-state index in [9.17, 15) is 4.79 Å². The Balaban J connectivity index is 1.37. The fourth-order valence-electron chi connectivity index (χ4n) is 4.54. The molecule has 0 aliphatic carbocycles. The molecular weight excluding hydrogens is 334 g/mol. The van der Waals surface area contributed by atoms with Gasteiger partial charge in [0, 0.05) is 25.0 Å². The second kappa shape index (κ2) is 8.30. The lowest BCUT2D eigenvalue weighted by Gasteiger charge is -2.37. The maximum Gasteiger partial charge on any atom is 0.321 e. The molecule has 0 spiro atoms.